The van der Waals surface area contributed by atoms with Gasteiger partial charge in [-0.3, -0.25) is 4.79 Å². The molecule has 0 saturated carbocycles. The van der Waals surface area contributed by atoms with Gasteiger partial charge in [0.15, 0.2) is 11.5 Å². The topological polar surface area (TPSA) is 112 Å². The normalized spacial score (nSPS) is 15.1. The molecule has 8 nitrogen and oxygen atoms in total. The molecule has 5 atom stereocenters. The summed E-state index contributed by atoms with van der Waals surface area (Å²) in [5, 5.41) is 14.3. The van der Waals surface area contributed by atoms with Crippen LogP contribution in [-0.2, 0) is 16.0 Å². The number of aliphatic hydroxyl groups excluding tert-OH is 1. The van der Waals surface area contributed by atoms with Crippen molar-refractivity contribution in [3.8, 4) is 17.2 Å². The quantitative estimate of drug-likeness (QED) is 0.185. The van der Waals surface area contributed by atoms with Gasteiger partial charge in [-0.2, -0.15) is 0 Å². The number of methoxy groups -OCH3 is 3. The lowest BCUT2D eigenvalue weighted by atomic mass is 9.80. The highest BCUT2D eigenvalue weighted by Crippen LogP contribution is 2.32. The molecule has 2 rings (SSSR count). The van der Waals surface area contributed by atoms with Crippen LogP contribution in [0.4, 0.5) is 0 Å². The minimum Gasteiger partial charge on any atom is -0.497 e. The van der Waals surface area contributed by atoms with E-state index in [0.29, 0.717) is 43.5 Å². The molecule has 0 aliphatic carbocycles. The van der Waals surface area contributed by atoms with Gasteiger partial charge in [0.2, 0.25) is 5.91 Å². The highest BCUT2D eigenvalue weighted by molar-refractivity contribution is 5.79. The summed E-state index contributed by atoms with van der Waals surface area (Å²) in [4.78, 5) is 13.3. The van der Waals surface area contributed by atoms with Crippen molar-refractivity contribution in [2.75, 3.05) is 34.5 Å². The van der Waals surface area contributed by atoms with Crippen molar-refractivity contribution >= 4 is 5.91 Å². The standard InChI is InChI=1S/C34H54N2O6/c1-22(2)27(17-25-13-14-32(41-8)33(18-25)42-16-10-15-39-6)20-30(35)31(37)21-29(23(3)4)34(38)36-24(5)26-11-9-12-28(19-26)40-7/h9,11-14,18-19,22-24,27,29-31,37H,10,15-17,20-21,35H2,1-8H3,(H,36,38)/t24-,27+,29+,30+,31+/m1/s1. The van der Waals surface area contributed by atoms with Crippen molar-refractivity contribution < 1.29 is 28.8 Å². The number of hydrogen-bond acceptors (Lipinski definition) is 7. The zero-order chi connectivity index (χ0) is 31.2. The second-order valence-electron chi connectivity index (χ2n) is 11.9. The second kappa shape index (κ2) is 18.0. The summed E-state index contributed by atoms with van der Waals surface area (Å²) in [7, 11) is 4.94. The van der Waals surface area contributed by atoms with Crippen molar-refractivity contribution in [3.05, 3.63) is 53.6 Å². The fourth-order valence-electron chi connectivity index (χ4n) is 5.18. The predicted molar refractivity (Wildman–Crippen MR) is 168 cm³/mol. The number of ether oxygens (including phenoxy) is 4. The van der Waals surface area contributed by atoms with E-state index in [2.05, 4.69) is 25.2 Å². The van der Waals surface area contributed by atoms with Gasteiger partial charge in [-0.25, -0.2) is 0 Å². The van der Waals surface area contributed by atoms with Gasteiger partial charge in [-0.05, 0) is 79.3 Å². The first kappa shape index (κ1) is 35.4. The SMILES string of the molecule is COCCCOc1cc(C[C@@H](C[C@H](N)[C@@H](O)C[C@H](C(=O)N[C@H](C)c2cccc(OC)c2)C(C)C)C(C)C)ccc1OC. The van der Waals surface area contributed by atoms with E-state index in [1.165, 1.54) is 0 Å². The van der Waals surface area contributed by atoms with Gasteiger partial charge in [0, 0.05) is 32.1 Å². The summed E-state index contributed by atoms with van der Waals surface area (Å²) in [6.45, 7) is 11.5. The molecule has 0 spiro atoms. The molecule has 8 heteroatoms. The first-order valence-electron chi connectivity index (χ1n) is 15.2. The van der Waals surface area contributed by atoms with Crippen molar-refractivity contribution in [2.45, 2.75) is 78.5 Å². The second-order valence-corrected chi connectivity index (χ2v) is 11.9. The van der Waals surface area contributed by atoms with Gasteiger partial charge in [0.1, 0.15) is 5.75 Å². The maximum Gasteiger partial charge on any atom is 0.223 e. The van der Waals surface area contributed by atoms with Crippen LogP contribution in [0.25, 0.3) is 0 Å². The number of aliphatic hydroxyl groups is 1. The molecule has 0 aliphatic heterocycles. The van der Waals surface area contributed by atoms with Crippen LogP contribution in [0.1, 0.15) is 71.0 Å². The average Bonchev–Trinajstić information content (AvgIpc) is 2.97. The van der Waals surface area contributed by atoms with Crippen molar-refractivity contribution in [1.29, 1.82) is 0 Å². The fourth-order valence-corrected chi connectivity index (χ4v) is 5.18. The molecule has 4 N–H and O–H groups in total. The van der Waals surface area contributed by atoms with E-state index in [9.17, 15) is 9.90 Å². The van der Waals surface area contributed by atoms with Crippen LogP contribution in [0.5, 0.6) is 17.2 Å². The molecular formula is C34H54N2O6. The number of hydrogen-bond donors (Lipinski definition) is 3. The van der Waals surface area contributed by atoms with Gasteiger partial charge < -0.3 is 35.1 Å². The van der Waals surface area contributed by atoms with Crippen LogP contribution >= 0.6 is 0 Å². The average molecular weight is 587 g/mol. The van der Waals surface area contributed by atoms with E-state index in [4.69, 9.17) is 24.7 Å². The summed E-state index contributed by atoms with van der Waals surface area (Å²) >= 11 is 0. The number of carbonyl (C=O) groups excluding carboxylic acids is 1. The van der Waals surface area contributed by atoms with Gasteiger partial charge >= 0.3 is 0 Å². The molecule has 0 aliphatic rings. The number of benzene rings is 2. The zero-order valence-electron chi connectivity index (χ0n) is 26.9. The lowest BCUT2D eigenvalue weighted by Gasteiger charge is -2.30. The van der Waals surface area contributed by atoms with E-state index in [-0.39, 0.29) is 29.7 Å². The van der Waals surface area contributed by atoms with Crippen LogP contribution in [0.3, 0.4) is 0 Å². The predicted octanol–water partition coefficient (Wildman–Crippen LogP) is 5.55. The third-order valence-corrected chi connectivity index (χ3v) is 8.08. The maximum absolute atomic E-state index is 13.3. The molecule has 0 fully saturated rings. The van der Waals surface area contributed by atoms with Crippen LogP contribution < -0.4 is 25.3 Å². The summed E-state index contributed by atoms with van der Waals surface area (Å²) in [6, 6.07) is 13.1. The monoisotopic (exact) mass is 586 g/mol. The summed E-state index contributed by atoms with van der Waals surface area (Å²) < 4.78 is 21.9. The number of amides is 1. The minimum atomic E-state index is -0.799. The van der Waals surface area contributed by atoms with Crippen LogP contribution in [0, 0.1) is 23.7 Å². The van der Waals surface area contributed by atoms with E-state index >= 15 is 0 Å². The molecule has 1 amide bonds. The Balaban J connectivity index is 2.04. The van der Waals surface area contributed by atoms with Crippen molar-refractivity contribution in [1.82, 2.24) is 5.32 Å². The molecule has 2 aromatic carbocycles. The molecule has 2 aromatic rings. The zero-order valence-corrected chi connectivity index (χ0v) is 26.9. The minimum absolute atomic E-state index is 0.0480. The molecule has 0 heterocycles. The molecule has 0 aromatic heterocycles. The van der Waals surface area contributed by atoms with Crippen molar-refractivity contribution in [2.24, 2.45) is 29.4 Å². The third-order valence-electron chi connectivity index (χ3n) is 8.08. The van der Waals surface area contributed by atoms with Gasteiger partial charge in [0.05, 0.1) is 33.0 Å². The Morgan fingerprint density at radius 3 is 2.26 bits per heavy atom. The molecule has 0 saturated heterocycles. The van der Waals surface area contributed by atoms with E-state index in [1.807, 2.05) is 57.2 Å². The Kier molecular flexibility index (Phi) is 15.2. The van der Waals surface area contributed by atoms with Gasteiger partial charge in [-0.15, -0.1) is 0 Å². The lowest BCUT2D eigenvalue weighted by molar-refractivity contribution is -0.128. The first-order chi connectivity index (χ1) is 20.0. The highest BCUT2D eigenvalue weighted by Gasteiger charge is 2.30. The molecule has 236 valence electrons. The largest absolute Gasteiger partial charge is 0.497 e. The van der Waals surface area contributed by atoms with Gasteiger partial charge in [0.25, 0.3) is 0 Å². The molecule has 0 bridgehead atoms. The highest BCUT2D eigenvalue weighted by atomic mass is 16.5. The Morgan fingerprint density at radius 1 is 0.905 bits per heavy atom. The number of carbonyl (C=O) groups is 1. The molecule has 0 radical (unpaired) electrons. The van der Waals surface area contributed by atoms with E-state index < -0.39 is 12.1 Å². The molecule has 42 heavy (non-hydrogen) atoms. The number of nitrogens with one attached hydrogen (secondary N) is 1. The molecule has 0 unspecified atom stereocenters. The Hall–Kier alpha value is -2.81. The fraction of sp³-hybridized carbons (Fsp3) is 0.618. The number of nitrogens with two attached hydrogens (primary N) is 1. The Morgan fingerprint density at radius 2 is 1.64 bits per heavy atom. The number of rotatable bonds is 19. The van der Waals surface area contributed by atoms with Crippen LogP contribution in [0.2, 0.25) is 0 Å². The van der Waals surface area contributed by atoms with Crippen molar-refractivity contribution in [3.63, 3.8) is 0 Å². The van der Waals surface area contributed by atoms with Gasteiger partial charge in [-0.1, -0.05) is 45.9 Å². The van der Waals surface area contributed by atoms with Crippen LogP contribution in [-0.4, -0.2) is 57.7 Å². The van der Waals surface area contributed by atoms with E-state index in [0.717, 1.165) is 29.7 Å². The first-order valence-corrected chi connectivity index (χ1v) is 15.2. The maximum atomic E-state index is 13.3. The summed E-state index contributed by atoms with van der Waals surface area (Å²) in [6.07, 6.45) is 1.74. The summed E-state index contributed by atoms with van der Waals surface area (Å²) in [5.74, 6) is 2.35. The van der Waals surface area contributed by atoms with Crippen LogP contribution in [0.15, 0.2) is 42.5 Å². The Labute approximate surface area is 253 Å². The lowest BCUT2D eigenvalue weighted by Crippen LogP contribution is -2.43. The smallest absolute Gasteiger partial charge is 0.223 e. The Bertz CT molecular complexity index is 1080. The third kappa shape index (κ3) is 11.1. The molecular weight excluding hydrogens is 532 g/mol. The van der Waals surface area contributed by atoms with E-state index in [1.54, 1.807) is 21.3 Å². The summed E-state index contributed by atoms with van der Waals surface area (Å²) in [5.41, 5.74) is 8.69.